The van der Waals surface area contributed by atoms with Gasteiger partial charge in [0.05, 0.1) is 24.0 Å². The zero-order valence-corrected chi connectivity index (χ0v) is 22.6. The van der Waals surface area contributed by atoms with Crippen molar-refractivity contribution in [3.05, 3.63) is 83.0 Å². The molecule has 0 atom stereocenters. The van der Waals surface area contributed by atoms with Crippen LogP contribution in [0.2, 0.25) is 0 Å². The van der Waals surface area contributed by atoms with Gasteiger partial charge in [-0.2, -0.15) is 18.3 Å². The Morgan fingerprint density at radius 3 is 2.47 bits per heavy atom. The molecule has 0 unspecified atom stereocenters. The van der Waals surface area contributed by atoms with E-state index in [4.69, 9.17) is 0 Å². The number of carbonyl (C=O) groups excluding carboxylic acids is 1. The number of aromatic nitrogens is 5. The van der Waals surface area contributed by atoms with E-state index in [9.17, 15) is 18.0 Å². The summed E-state index contributed by atoms with van der Waals surface area (Å²) in [5, 5.41) is 9.22. The van der Waals surface area contributed by atoms with E-state index in [1.807, 2.05) is 39.2 Å². The molecule has 0 radical (unpaired) electrons. The molecule has 2 N–H and O–H groups in total. The highest BCUT2D eigenvalue weighted by Crippen LogP contribution is 2.40. The molecule has 4 aromatic rings. The van der Waals surface area contributed by atoms with Gasteiger partial charge in [0.15, 0.2) is 0 Å². The molecular weight excluding hydrogens is 513 g/mol. The first-order chi connectivity index (χ1) is 17.9. The van der Waals surface area contributed by atoms with Crippen molar-refractivity contribution in [1.82, 2.24) is 30.0 Å². The van der Waals surface area contributed by atoms with Gasteiger partial charge in [0, 0.05) is 40.5 Å². The van der Waals surface area contributed by atoms with Crippen LogP contribution in [0.4, 0.5) is 13.2 Å². The molecule has 1 aromatic carbocycles. The number of thioether (sulfide) groups is 1. The van der Waals surface area contributed by atoms with Crippen LogP contribution in [0.1, 0.15) is 59.6 Å². The number of pyridine rings is 1. The molecule has 0 saturated carbocycles. The Morgan fingerprint density at radius 2 is 1.89 bits per heavy atom. The number of rotatable bonds is 7. The lowest BCUT2D eigenvalue weighted by Gasteiger charge is -2.23. The maximum absolute atomic E-state index is 14.4. The smallest absolute Gasteiger partial charge is 0.345 e. The summed E-state index contributed by atoms with van der Waals surface area (Å²) in [4.78, 5) is 23.1. The number of imidazole rings is 1. The molecule has 0 saturated heterocycles. The van der Waals surface area contributed by atoms with Crippen LogP contribution in [0, 0.1) is 6.92 Å². The Labute approximate surface area is 223 Å². The molecule has 3 aromatic heterocycles. The monoisotopic (exact) mass is 542 g/mol. The number of H-pyrrole nitrogens is 1. The van der Waals surface area contributed by atoms with Crippen LogP contribution in [-0.2, 0) is 24.7 Å². The fraction of sp³-hybridized carbons (Fsp3) is 0.333. The van der Waals surface area contributed by atoms with E-state index >= 15 is 0 Å². The van der Waals surface area contributed by atoms with Gasteiger partial charge in [-0.15, -0.1) is 11.8 Å². The van der Waals surface area contributed by atoms with Crippen molar-refractivity contribution >= 4 is 17.7 Å². The molecular formula is C27H29F3N6OS. The van der Waals surface area contributed by atoms with Gasteiger partial charge in [0.2, 0.25) is 0 Å². The number of halogens is 3. The van der Waals surface area contributed by atoms with Gasteiger partial charge in [0.1, 0.15) is 11.5 Å². The lowest BCUT2D eigenvalue weighted by atomic mass is 9.94. The number of alkyl halides is 3. The second kappa shape index (κ2) is 10.6. The summed E-state index contributed by atoms with van der Waals surface area (Å²) in [7, 11) is 0. The van der Waals surface area contributed by atoms with E-state index in [-0.39, 0.29) is 29.9 Å². The Bertz CT molecular complexity index is 1420. The Kier molecular flexibility index (Phi) is 7.68. The van der Waals surface area contributed by atoms with Crippen molar-refractivity contribution in [2.45, 2.75) is 57.3 Å². The summed E-state index contributed by atoms with van der Waals surface area (Å²) in [5.41, 5.74) is 0.547. The minimum atomic E-state index is -4.60. The third-order valence-corrected chi connectivity index (χ3v) is 6.86. The van der Waals surface area contributed by atoms with Crippen LogP contribution < -0.4 is 5.32 Å². The zero-order chi connectivity index (χ0) is 27.7. The van der Waals surface area contributed by atoms with Crippen LogP contribution >= 0.6 is 11.8 Å². The molecule has 0 aliphatic carbocycles. The van der Waals surface area contributed by atoms with Gasteiger partial charge < -0.3 is 9.88 Å². The first kappa shape index (κ1) is 27.4. The molecule has 4 rings (SSSR count). The Morgan fingerprint density at radius 1 is 1.13 bits per heavy atom. The van der Waals surface area contributed by atoms with Crippen LogP contribution in [0.5, 0.6) is 0 Å². The average Bonchev–Trinajstić information content (AvgIpc) is 3.51. The first-order valence-electron chi connectivity index (χ1n) is 11.9. The Balaban J connectivity index is 1.71. The summed E-state index contributed by atoms with van der Waals surface area (Å²) >= 11 is 1.57. The van der Waals surface area contributed by atoms with E-state index in [0.29, 0.717) is 22.8 Å². The predicted octanol–water partition coefficient (Wildman–Crippen LogP) is 5.99. The van der Waals surface area contributed by atoms with Gasteiger partial charge in [0.25, 0.3) is 5.91 Å². The van der Waals surface area contributed by atoms with Gasteiger partial charge in [-0.25, -0.2) is 4.98 Å². The molecule has 200 valence electrons. The molecule has 0 aliphatic heterocycles. The quantitative estimate of drug-likeness (QED) is 0.280. The maximum atomic E-state index is 14.4. The number of hydrogen-bond donors (Lipinski definition) is 2. The van der Waals surface area contributed by atoms with E-state index in [1.165, 1.54) is 24.5 Å². The summed E-state index contributed by atoms with van der Waals surface area (Å²) < 4.78 is 44.8. The Hall–Kier alpha value is -3.60. The van der Waals surface area contributed by atoms with Gasteiger partial charge in [-0.1, -0.05) is 39.0 Å². The summed E-state index contributed by atoms with van der Waals surface area (Å²) in [6, 6.07) is 8.25. The van der Waals surface area contributed by atoms with Gasteiger partial charge >= 0.3 is 6.18 Å². The van der Waals surface area contributed by atoms with Crippen molar-refractivity contribution in [1.29, 1.82) is 0 Å². The van der Waals surface area contributed by atoms with Crippen molar-refractivity contribution in [2.75, 3.05) is 6.26 Å². The van der Waals surface area contributed by atoms with Crippen LogP contribution in [0.15, 0.2) is 53.8 Å². The highest BCUT2D eigenvalue weighted by molar-refractivity contribution is 7.98. The fourth-order valence-electron chi connectivity index (χ4n) is 4.28. The highest BCUT2D eigenvalue weighted by atomic mass is 32.2. The van der Waals surface area contributed by atoms with E-state index in [0.717, 1.165) is 4.90 Å². The van der Waals surface area contributed by atoms with Gasteiger partial charge in [-0.3, -0.25) is 14.9 Å². The second-order valence-electron chi connectivity index (χ2n) is 9.90. The molecule has 0 aliphatic rings. The van der Waals surface area contributed by atoms with Gasteiger partial charge in [-0.05, 0) is 36.4 Å². The average molecular weight is 543 g/mol. The molecule has 11 heteroatoms. The number of nitrogens with zero attached hydrogens (tertiary/aromatic N) is 4. The van der Waals surface area contributed by atoms with Crippen molar-refractivity contribution in [3.8, 4) is 11.1 Å². The lowest BCUT2D eigenvalue weighted by molar-refractivity contribution is -0.137. The van der Waals surface area contributed by atoms with E-state index in [1.54, 1.807) is 35.5 Å². The zero-order valence-electron chi connectivity index (χ0n) is 21.8. The topological polar surface area (TPSA) is 88.5 Å². The molecule has 0 bridgehead atoms. The number of nitrogens with one attached hydrogen (secondary N) is 2. The first-order valence-corrected chi connectivity index (χ1v) is 13.2. The van der Waals surface area contributed by atoms with Crippen molar-refractivity contribution in [3.63, 3.8) is 0 Å². The largest absolute Gasteiger partial charge is 0.417 e. The minimum absolute atomic E-state index is 0.0387. The third kappa shape index (κ3) is 5.77. The molecule has 38 heavy (non-hydrogen) atoms. The predicted molar refractivity (Wildman–Crippen MR) is 141 cm³/mol. The molecule has 0 spiro atoms. The van der Waals surface area contributed by atoms with Crippen LogP contribution in [0.3, 0.4) is 0 Å². The highest BCUT2D eigenvalue weighted by Gasteiger charge is 2.37. The summed E-state index contributed by atoms with van der Waals surface area (Å²) in [6.45, 7) is 7.55. The molecule has 0 fully saturated rings. The molecule has 7 nitrogen and oxygen atoms in total. The molecule has 3 heterocycles. The number of aromatic amines is 1. The van der Waals surface area contributed by atoms with Crippen molar-refractivity contribution in [2.24, 2.45) is 0 Å². The number of carbonyl (C=O) groups is 1. The number of amides is 1. The molecule has 1 amide bonds. The standard InChI is InChI=1S/C27H29F3N6OS/c1-16-23(24(37)32-13-19-9-10-20(38-5)14-31-19)35-25(26(2,3)4)36(16)15-17-7-6-8-21(18-11-33-34-12-18)22(17)27(28,29)30/h6-12,14H,13,15H2,1-5H3,(H,32,37)(H,33,34). The van der Waals surface area contributed by atoms with Crippen LogP contribution in [-0.4, -0.2) is 36.9 Å². The summed E-state index contributed by atoms with van der Waals surface area (Å²) in [6.07, 6.45) is 1.89. The van der Waals surface area contributed by atoms with E-state index < -0.39 is 23.1 Å². The number of hydrogen-bond acceptors (Lipinski definition) is 5. The third-order valence-electron chi connectivity index (χ3n) is 6.14. The van der Waals surface area contributed by atoms with E-state index in [2.05, 4.69) is 25.5 Å². The normalized spacial score (nSPS) is 12.1. The SMILES string of the molecule is CSc1ccc(CNC(=O)c2nc(C(C)(C)C)n(Cc3cccc(-c4cn[nH]c4)c3C(F)(F)F)c2C)nc1. The van der Waals surface area contributed by atoms with Crippen molar-refractivity contribution < 1.29 is 18.0 Å². The summed E-state index contributed by atoms with van der Waals surface area (Å²) in [5.74, 6) is 0.107. The second-order valence-corrected chi connectivity index (χ2v) is 10.8. The minimum Gasteiger partial charge on any atom is -0.345 e. The fourth-order valence-corrected chi connectivity index (χ4v) is 4.64. The lowest BCUT2D eigenvalue weighted by Crippen LogP contribution is -2.24. The number of benzene rings is 1. The maximum Gasteiger partial charge on any atom is 0.417 e. The van der Waals surface area contributed by atoms with Crippen LogP contribution in [0.25, 0.3) is 11.1 Å².